The molecule has 1 aromatic rings. The van der Waals surface area contributed by atoms with Crippen molar-refractivity contribution >= 4 is 5.97 Å². The molecule has 0 aromatic heterocycles. The van der Waals surface area contributed by atoms with Crippen molar-refractivity contribution in [1.29, 1.82) is 0 Å². The zero-order valence-electron chi connectivity index (χ0n) is 12.3. The zero-order chi connectivity index (χ0) is 14.3. The van der Waals surface area contributed by atoms with E-state index in [1.807, 2.05) is 25.1 Å². The van der Waals surface area contributed by atoms with Gasteiger partial charge in [-0.1, -0.05) is 39.0 Å². The minimum Gasteiger partial charge on any atom is -0.478 e. The molecule has 3 heteroatoms. The van der Waals surface area contributed by atoms with Crippen LogP contribution < -0.4 is 4.74 Å². The first kappa shape index (κ1) is 15.5. The van der Waals surface area contributed by atoms with Crippen LogP contribution in [0.1, 0.15) is 52.0 Å². The lowest BCUT2D eigenvalue weighted by Crippen LogP contribution is -2.29. The second-order valence-corrected chi connectivity index (χ2v) is 4.61. The third-order valence-corrected chi connectivity index (χ3v) is 3.25. The maximum absolute atomic E-state index is 11.8. The molecule has 0 aliphatic rings. The molecule has 0 aliphatic heterocycles. The maximum Gasteiger partial charge on any atom is 0.347 e. The molecule has 0 spiro atoms. The number of carbonyl (C=O) groups is 1. The predicted molar refractivity (Wildman–Crippen MR) is 76.5 cm³/mol. The summed E-state index contributed by atoms with van der Waals surface area (Å²) in [5, 5.41) is 0. The van der Waals surface area contributed by atoms with Gasteiger partial charge in [0.2, 0.25) is 0 Å². The van der Waals surface area contributed by atoms with Crippen molar-refractivity contribution in [2.45, 2.75) is 52.6 Å². The van der Waals surface area contributed by atoms with E-state index in [9.17, 15) is 4.79 Å². The number of hydrogen-bond donors (Lipinski definition) is 0. The Morgan fingerprint density at radius 1 is 1.16 bits per heavy atom. The Labute approximate surface area is 115 Å². The minimum absolute atomic E-state index is 0.288. The number of ether oxygens (including phenoxy) is 2. The average Bonchev–Trinajstić information content (AvgIpc) is 2.44. The van der Waals surface area contributed by atoms with E-state index in [1.54, 1.807) is 6.92 Å². The summed E-state index contributed by atoms with van der Waals surface area (Å²) in [7, 11) is 0. The first-order chi connectivity index (χ1) is 9.13. The molecular weight excluding hydrogens is 240 g/mol. The van der Waals surface area contributed by atoms with Gasteiger partial charge >= 0.3 is 5.97 Å². The van der Waals surface area contributed by atoms with Crippen LogP contribution in [-0.4, -0.2) is 18.7 Å². The standard InChI is InChI=1S/C16H24O3/c1-5-12(4)13-10-8-9-11-15(13)19-14(6-2)16(17)18-7-3/h8-12,14H,5-7H2,1-4H3. The number of para-hydroxylation sites is 1. The molecular formula is C16H24O3. The SMILES string of the molecule is CCOC(=O)C(CC)Oc1ccccc1C(C)CC. The van der Waals surface area contributed by atoms with Gasteiger partial charge in [-0.2, -0.15) is 0 Å². The molecule has 0 saturated heterocycles. The fourth-order valence-corrected chi connectivity index (χ4v) is 1.90. The second kappa shape index (κ2) is 7.82. The van der Waals surface area contributed by atoms with Crippen molar-refractivity contribution < 1.29 is 14.3 Å². The fraction of sp³-hybridized carbons (Fsp3) is 0.562. The van der Waals surface area contributed by atoms with Crippen molar-refractivity contribution in [1.82, 2.24) is 0 Å². The van der Waals surface area contributed by atoms with Crippen molar-refractivity contribution in [3.05, 3.63) is 29.8 Å². The highest BCUT2D eigenvalue weighted by Gasteiger charge is 2.21. The van der Waals surface area contributed by atoms with E-state index in [1.165, 1.54) is 0 Å². The molecule has 0 N–H and O–H groups in total. The highest BCUT2D eigenvalue weighted by molar-refractivity contribution is 5.75. The van der Waals surface area contributed by atoms with E-state index >= 15 is 0 Å². The molecule has 0 radical (unpaired) electrons. The Hall–Kier alpha value is -1.51. The Bertz CT molecular complexity index is 401. The van der Waals surface area contributed by atoms with Gasteiger partial charge in [0.25, 0.3) is 0 Å². The van der Waals surface area contributed by atoms with Crippen molar-refractivity contribution in [3.8, 4) is 5.75 Å². The van der Waals surface area contributed by atoms with Gasteiger partial charge in [-0.15, -0.1) is 0 Å². The number of rotatable bonds is 7. The molecule has 1 rings (SSSR count). The van der Waals surface area contributed by atoms with Gasteiger partial charge in [-0.25, -0.2) is 4.79 Å². The molecule has 0 fully saturated rings. The topological polar surface area (TPSA) is 35.5 Å². The third kappa shape index (κ3) is 4.27. The lowest BCUT2D eigenvalue weighted by molar-refractivity contribution is -0.151. The largest absolute Gasteiger partial charge is 0.478 e. The number of hydrogen-bond acceptors (Lipinski definition) is 3. The number of esters is 1. The smallest absolute Gasteiger partial charge is 0.347 e. The van der Waals surface area contributed by atoms with E-state index in [4.69, 9.17) is 9.47 Å². The minimum atomic E-state index is -0.523. The maximum atomic E-state index is 11.8. The molecule has 0 saturated carbocycles. The number of carbonyl (C=O) groups excluding carboxylic acids is 1. The monoisotopic (exact) mass is 264 g/mol. The Balaban J connectivity index is 2.88. The molecule has 2 unspecified atom stereocenters. The molecule has 19 heavy (non-hydrogen) atoms. The van der Waals surface area contributed by atoms with E-state index in [0.29, 0.717) is 18.9 Å². The molecule has 0 heterocycles. The lowest BCUT2D eigenvalue weighted by Gasteiger charge is -2.20. The lowest BCUT2D eigenvalue weighted by atomic mass is 9.98. The van der Waals surface area contributed by atoms with Gasteiger partial charge in [0.1, 0.15) is 5.75 Å². The van der Waals surface area contributed by atoms with Crippen LogP contribution in [-0.2, 0) is 9.53 Å². The third-order valence-electron chi connectivity index (χ3n) is 3.25. The van der Waals surface area contributed by atoms with Crippen molar-refractivity contribution in [2.24, 2.45) is 0 Å². The molecule has 106 valence electrons. The summed E-state index contributed by atoms with van der Waals surface area (Å²) in [5.74, 6) is 0.914. The summed E-state index contributed by atoms with van der Waals surface area (Å²) >= 11 is 0. The summed E-state index contributed by atoms with van der Waals surface area (Å²) in [4.78, 5) is 11.8. The van der Waals surface area contributed by atoms with Crippen LogP contribution in [0.5, 0.6) is 5.75 Å². The van der Waals surface area contributed by atoms with Gasteiger partial charge in [0.05, 0.1) is 6.61 Å². The quantitative estimate of drug-likeness (QED) is 0.700. The van der Waals surface area contributed by atoms with Crippen molar-refractivity contribution in [2.75, 3.05) is 6.61 Å². The van der Waals surface area contributed by atoms with Gasteiger partial charge < -0.3 is 9.47 Å². The van der Waals surface area contributed by atoms with Crippen LogP contribution in [0.15, 0.2) is 24.3 Å². The Morgan fingerprint density at radius 2 is 1.84 bits per heavy atom. The normalized spacial score (nSPS) is 13.7. The van der Waals surface area contributed by atoms with E-state index in [0.717, 1.165) is 17.7 Å². The van der Waals surface area contributed by atoms with Crippen molar-refractivity contribution in [3.63, 3.8) is 0 Å². The first-order valence-electron chi connectivity index (χ1n) is 7.06. The van der Waals surface area contributed by atoms with E-state index in [2.05, 4.69) is 19.9 Å². The average molecular weight is 264 g/mol. The summed E-state index contributed by atoms with van der Waals surface area (Å²) in [5.41, 5.74) is 1.15. The fourth-order valence-electron chi connectivity index (χ4n) is 1.90. The number of benzene rings is 1. The Kier molecular flexibility index (Phi) is 6.40. The van der Waals surface area contributed by atoms with Crippen LogP contribution in [0.3, 0.4) is 0 Å². The van der Waals surface area contributed by atoms with Gasteiger partial charge in [0, 0.05) is 0 Å². The van der Waals surface area contributed by atoms with E-state index in [-0.39, 0.29) is 5.97 Å². The van der Waals surface area contributed by atoms with Gasteiger partial charge in [-0.05, 0) is 37.3 Å². The molecule has 0 amide bonds. The second-order valence-electron chi connectivity index (χ2n) is 4.61. The molecule has 2 atom stereocenters. The highest BCUT2D eigenvalue weighted by Crippen LogP contribution is 2.29. The van der Waals surface area contributed by atoms with Crippen LogP contribution in [0.2, 0.25) is 0 Å². The molecule has 0 bridgehead atoms. The van der Waals surface area contributed by atoms with Crippen LogP contribution in [0, 0.1) is 0 Å². The summed E-state index contributed by atoms with van der Waals surface area (Å²) in [6, 6.07) is 7.91. The summed E-state index contributed by atoms with van der Waals surface area (Å²) in [6.07, 6.45) is 1.12. The Morgan fingerprint density at radius 3 is 2.42 bits per heavy atom. The first-order valence-corrected chi connectivity index (χ1v) is 7.06. The van der Waals surface area contributed by atoms with E-state index < -0.39 is 6.10 Å². The van der Waals surface area contributed by atoms with Crippen LogP contribution >= 0.6 is 0 Å². The van der Waals surface area contributed by atoms with Gasteiger partial charge in [0.15, 0.2) is 6.10 Å². The predicted octanol–water partition coefficient (Wildman–Crippen LogP) is 3.92. The zero-order valence-corrected chi connectivity index (χ0v) is 12.3. The summed E-state index contributed by atoms with van der Waals surface area (Å²) < 4.78 is 10.9. The molecule has 3 nitrogen and oxygen atoms in total. The summed E-state index contributed by atoms with van der Waals surface area (Å²) in [6.45, 7) is 8.41. The van der Waals surface area contributed by atoms with Gasteiger partial charge in [-0.3, -0.25) is 0 Å². The molecule has 0 aliphatic carbocycles. The highest BCUT2D eigenvalue weighted by atomic mass is 16.6. The van der Waals surface area contributed by atoms with Crippen LogP contribution in [0.25, 0.3) is 0 Å². The van der Waals surface area contributed by atoms with Crippen LogP contribution in [0.4, 0.5) is 0 Å². The molecule has 1 aromatic carbocycles.